The van der Waals surface area contributed by atoms with E-state index in [2.05, 4.69) is 63.3 Å². The van der Waals surface area contributed by atoms with Crippen LogP contribution in [-0.4, -0.2) is 84.5 Å². The number of amides is 3. The number of piperidine rings is 2. The number of phenols is 1. The van der Waals surface area contributed by atoms with Gasteiger partial charge in [0.1, 0.15) is 11.8 Å². The predicted molar refractivity (Wildman–Crippen MR) is 216 cm³/mol. The number of fused-ring (bicyclic) bond motifs is 2. The topological polar surface area (TPSA) is 96.4 Å². The number of imide groups is 1. The van der Waals surface area contributed by atoms with Crippen LogP contribution in [0.1, 0.15) is 108 Å². The van der Waals surface area contributed by atoms with Gasteiger partial charge in [-0.05, 0) is 127 Å². The fourth-order valence-corrected chi connectivity index (χ4v) is 11.2. The Labute approximate surface area is 326 Å². The zero-order valence-electron chi connectivity index (χ0n) is 32.5. The summed E-state index contributed by atoms with van der Waals surface area (Å²) in [5.74, 6) is 2.24. The molecule has 2 N–H and O–H groups in total. The lowest BCUT2D eigenvalue weighted by molar-refractivity contribution is -0.136. The molecule has 9 nitrogen and oxygen atoms in total. The van der Waals surface area contributed by atoms with Crippen LogP contribution in [0.2, 0.25) is 0 Å². The molecule has 3 atom stereocenters. The first-order chi connectivity index (χ1) is 26.8. The number of aryl methyl sites for hydroxylation is 2. The average molecular weight is 744 g/mol. The fourth-order valence-electron chi connectivity index (χ4n) is 11.2. The summed E-state index contributed by atoms with van der Waals surface area (Å²) in [7, 11) is 0. The number of carbonyl (C=O) groups excluding carboxylic acids is 3. The molecule has 9 heteroatoms. The van der Waals surface area contributed by atoms with Crippen LogP contribution in [0.3, 0.4) is 0 Å². The number of nitrogens with one attached hydrogen (secondary N) is 1. The number of aromatic hydroxyl groups is 1. The number of hydrogen-bond acceptors (Lipinski definition) is 7. The highest BCUT2D eigenvalue weighted by Gasteiger charge is 2.40. The number of carbonyl (C=O) groups is 3. The SMILES string of the molecule is Cc1cc(N2CCC(CN3CCN(c4ccc5c(c4)CN([C@H]4CCC(=O)NC4=O)C5=O)CC3)CC2)ccc1[C@@H]1c2ccc(O)cc2CC[C@@H]1C1CCCCC1. The van der Waals surface area contributed by atoms with Crippen molar-refractivity contribution in [1.29, 1.82) is 0 Å². The van der Waals surface area contributed by atoms with Crippen LogP contribution in [0.15, 0.2) is 54.6 Å². The zero-order chi connectivity index (χ0) is 37.6. The third-order valence-electron chi connectivity index (χ3n) is 14.2. The molecule has 3 amide bonds. The molecule has 2 aliphatic carbocycles. The van der Waals surface area contributed by atoms with Gasteiger partial charge >= 0.3 is 0 Å². The maximum absolute atomic E-state index is 13.2. The Balaban J connectivity index is 0.787. The van der Waals surface area contributed by atoms with E-state index in [-0.39, 0.29) is 24.1 Å². The summed E-state index contributed by atoms with van der Waals surface area (Å²) in [4.78, 5) is 46.6. The summed E-state index contributed by atoms with van der Waals surface area (Å²) >= 11 is 0. The monoisotopic (exact) mass is 743 g/mol. The number of nitrogens with zero attached hydrogens (tertiary/aromatic N) is 4. The second-order valence-corrected chi connectivity index (χ2v) is 17.5. The maximum Gasteiger partial charge on any atom is 0.255 e. The molecule has 0 spiro atoms. The van der Waals surface area contributed by atoms with Gasteiger partial charge in [0.05, 0.1) is 0 Å². The highest BCUT2D eigenvalue weighted by Crippen LogP contribution is 2.49. The summed E-state index contributed by atoms with van der Waals surface area (Å²) in [6.45, 7) is 10.1. The first-order valence-electron chi connectivity index (χ1n) is 21.2. The quantitative estimate of drug-likeness (QED) is 0.258. The van der Waals surface area contributed by atoms with Crippen molar-refractivity contribution in [3.05, 3.63) is 88.0 Å². The van der Waals surface area contributed by atoms with Crippen molar-refractivity contribution in [2.75, 3.05) is 55.6 Å². The third kappa shape index (κ3) is 7.25. The Kier molecular flexibility index (Phi) is 10.1. The molecule has 290 valence electrons. The smallest absolute Gasteiger partial charge is 0.255 e. The van der Waals surface area contributed by atoms with Gasteiger partial charge < -0.3 is 19.8 Å². The van der Waals surface area contributed by atoms with E-state index in [0.717, 1.165) is 69.4 Å². The fraction of sp³-hybridized carbons (Fsp3) is 0.543. The largest absolute Gasteiger partial charge is 0.508 e. The molecule has 0 unspecified atom stereocenters. The second-order valence-electron chi connectivity index (χ2n) is 17.5. The summed E-state index contributed by atoms with van der Waals surface area (Å²) in [5.41, 5.74) is 9.82. The van der Waals surface area contributed by atoms with E-state index in [0.29, 0.717) is 42.0 Å². The minimum absolute atomic E-state index is 0.116. The van der Waals surface area contributed by atoms with Crippen molar-refractivity contribution in [2.24, 2.45) is 17.8 Å². The average Bonchev–Trinajstić information content (AvgIpc) is 3.53. The molecule has 3 aromatic rings. The number of benzene rings is 3. The minimum atomic E-state index is -0.581. The number of piperazine rings is 1. The van der Waals surface area contributed by atoms with Crippen molar-refractivity contribution >= 4 is 29.1 Å². The van der Waals surface area contributed by atoms with E-state index in [9.17, 15) is 19.5 Å². The molecule has 3 saturated heterocycles. The molecule has 6 aliphatic rings. The van der Waals surface area contributed by atoms with Gasteiger partial charge in [0.2, 0.25) is 11.8 Å². The maximum atomic E-state index is 13.2. The van der Waals surface area contributed by atoms with Crippen LogP contribution in [0.25, 0.3) is 0 Å². The Morgan fingerprint density at radius 3 is 2.20 bits per heavy atom. The van der Waals surface area contributed by atoms with Gasteiger partial charge in [0.15, 0.2) is 0 Å². The summed E-state index contributed by atoms with van der Waals surface area (Å²) in [5, 5.41) is 12.7. The lowest BCUT2D eigenvalue weighted by Crippen LogP contribution is -2.52. The van der Waals surface area contributed by atoms with Gasteiger partial charge in [-0.25, -0.2) is 0 Å². The molecule has 9 rings (SSSR count). The lowest BCUT2D eigenvalue weighted by Gasteiger charge is -2.41. The highest BCUT2D eigenvalue weighted by atomic mass is 16.3. The molecule has 0 radical (unpaired) electrons. The van der Waals surface area contributed by atoms with E-state index in [1.165, 1.54) is 79.3 Å². The standard InChI is InChI=1S/C46H57N5O4/c1-30-25-35(8-12-38(30)44-39(32-5-3-2-4-6-32)11-7-33-27-37(52)10-14-40(33)44)49-19-17-31(18-20-49)28-48-21-23-50(24-22-48)36-9-13-41-34(26-36)29-51(46(41)55)42-15-16-43(53)47-45(42)54/h8-10,12-14,25-27,31-32,39,42,44,52H,2-7,11,15-24,28-29H2,1H3,(H,47,53,54)/t39-,42+,44+/m1/s1. The predicted octanol–water partition coefficient (Wildman–Crippen LogP) is 6.77. The van der Waals surface area contributed by atoms with Crippen molar-refractivity contribution in [3.8, 4) is 5.75 Å². The minimum Gasteiger partial charge on any atom is -0.508 e. The molecular formula is C46H57N5O4. The summed E-state index contributed by atoms with van der Waals surface area (Å²) < 4.78 is 0. The van der Waals surface area contributed by atoms with Crippen molar-refractivity contribution in [1.82, 2.24) is 15.1 Å². The number of phenolic OH excluding ortho intramolecular Hbond substituents is 1. The Hall–Kier alpha value is -4.37. The van der Waals surface area contributed by atoms with Crippen LogP contribution in [0, 0.1) is 24.7 Å². The van der Waals surface area contributed by atoms with Gasteiger partial charge in [0, 0.05) is 81.6 Å². The van der Waals surface area contributed by atoms with Gasteiger partial charge in [-0.1, -0.05) is 44.2 Å². The third-order valence-corrected chi connectivity index (χ3v) is 14.2. The second kappa shape index (κ2) is 15.3. The Morgan fingerprint density at radius 1 is 0.709 bits per heavy atom. The van der Waals surface area contributed by atoms with Crippen molar-refractivity contribution in [2.45, 2.75) is 96.1 Å². The highest BCUT2D eigenvalue weighted by molar-refractivity contribution is 6.05. The van der Waals surface area contributed by atoms with Crippen molar-refractivity contribution in [3.63, 3.8) is 0 Å². The lowest BCUT2D eigenvalue weighted by atomic mass is 9.63. The van der Waals surface area contributed by atoms with E-state index in [1.54, 1.807) is 4.90 Å². The summed E-state index contributed by atoms with van der Waals surface area (Å²) in [6, 6.07) is 19.0. The molecule has 3 aromatic carbocycles. The molecule has 55 heavy (non-hydrogen) atoms. The van der Waals surface area contributed by atoms with E-state index < -0.39 is 6.04 Å². The molecule has 4 fully saturated rings. The van der Waals surface area contributed by atoms with E-state index in [1.807, 2.05) is 18.2 Å². The Morgan fingerprint density at radius 2 is 1.44 bits per heavy atom. The summed E-state index contributed by atoms with van der Waals surface area (Å²) in [6.07, 6.45) is 12.2. The molecule has 4 aliphatic heterocycles. The molecular weight excluding hydrogens is 687 g/mol. The van der Waals surface area contributed by atoms with E-state index in [4.69, 9.17) is 0 Å². The molecule has 0 bridgehead atoms. The number of rotatable bonds is 7. The molecule has 4 heterocycles. The van der Waals surface area contributed by atoms with Crippen LogP contribution >= 0.6 is 0 Å². The van der Waals surface area contributed by atoms with Gasteiger partial charge in [-0.15, -0.1) is 0 Å². The molecule has 1 saturated carbocycles. The first kappa shape index (κ1) is 36.3. The van der Waals surface area contributed by atoms with Gasteiger partial charge in [0.25, 0.3) is 5.91 Å². The van der Waals surface area contributed by atoms with Crippen LogP contribution in [-0.2, 0) is 22.6 Å². The number of hydrogen-bond donors (Lipinski definition) is 2. The zero-order valence-corrected chi connectivity index (χ0v) is 32.5. The Bertz CT molecular complexity index is 1940. The van der Waals surface area contributed by atoms with Gasteiger partial charge in [-0.2, -0.15) is 0 Å². The van der Waals surface area contributed by atoms with Crippen molar-refractivity contribution < 1.29 is 19.5 Å². The number of anilines is 2. The first-order valence-corrected chi connectivity index (χ1v) is 21.2. The van der Waals surface area contributed by atoms with Gasteiger partial charge in [-0.3, -0.25) is 24.6 Å². The van der Waals surface area contributed by atoms with Crippen LogP contribution in [0.5, 0.6) is 5.75 Å². The molecule has 0 aromatic heterocycles. The van der Waals surface area contributed by atoms with Crippen LogP contribution < -0.4 is 15.1 Å². The van der Waals surface area contributed by atoms with E-state index >= 15 is 0 Å². The normalized spacial score (nSPS) is 25.6. The van der Waals surface area contributed by atoms with Crippen LogP contribution in [0.4, 0.5) is 11.4 Å².